The van der Waals surface area contributed by atoms with E-state index < -0.39 is 0 Å². The second-order valence-electron chi connectivity index (χ2n) is 6.98. The Morgan fingerprint density at radius 1 is 1.25 bits per heavy atom. The highest BCUT2D eigenvalue weighted by Crippen LogP contribution is 2.19. The van der Waals surface area contributed by atoms with Gasteiger partial charge >= 0.3 is 0 Å². The lowest BCUT2D eigenvalue weighted by molar-refractivity contribution is 0.368. The Morgan fingerprint density at radius 3 is 2.82 bits per heavy atom. The first kappa shape index (κ1) is 19.9. The lowest BCUT2D eigenvalue weighted by Gasteiger charge is -2.11. The molecule has 3 aromatic rings. The van der Waals surface area contributed by atoms with Crippen LogP contribution in [-0.4, -0.2) is 41.2 Å². The second kappa shape index (κ2) is 9.34. The fourth-order valence-electron chi connectivity index (χ4n) is 2.94. The molecule has 0 fully saturated rings. The van der Waals surface area contributed by atoms with Crippen molar-refractivity contribution in [1.29, 1.82) is 0 Å². The zero-order valence-electron chi connectivity index (χ0n) is 16.6. The SMILES string of the molecule is CN=C(NCCCc1nc(C(C)C)no1)NCCc1c[nH]c2ccc(F)cc12. The van der Waals surface area contributed by atoms with E-state index in [2.05, 4.69) is 30.8 Å². The van der Waals surface area contributed by atoms with Gasteiger partial charge in [0.15, 0.2) is 11.8 Å². The highest BCUT2D eigenvalue weighted by atomic mass is 19.1. The Bertz CT molecular complexity index is 930. The first-order valence-electron chi connectivity index (χ1n) is 9.59. The summed E-state index contributed by atoms with van der Waals surface area (Å²) in [6.45, 7) is 5.53. The van der Waals surface area contributed by atoms with Crippen molar-refractivity contribution in [2.45, 2.75) is 39.0 Å². The largest absolute Gasteiger partial charge is 0.361 e. The van der Waals surface area contributed by atoms with Crippen LogP contribution >= 0.6 is 0 Å². The summed E-state index contributed by atoms with van der Waals surface area (Å²) >= 11 is 0. The van der Waals surface area contributed by atoms with Gasteiger partial charge in [-0.2, -0.15) is 4.98 Å². The summed E-state index contributed by atoms with van der Waals surface area (Å²) in [6, 6.07) is 4.79. The van der Waals surface area contributed by atoms with E-state index in [1.807, 2.05) is 20.0 Å². The van der Waals surface area contributed by atoms with Gasteiger partial charge in [0.05, 0.1) is 0 Å². The van der Waals surface area contributed by atoms with Gasteiger partial charge in [-0.1, -0.05) is 19.0 Å². The van der Waals surface area contributed by atoms with Gasteiger partial charge in [-0.05, 0) is 36.6 Å². The third kappa shape index (κ3) is 5.09. The van der Waals surface area contributed by atoms with Crippen molar-refractivity contribution >= 4 is 16.9 Å². The van der Waals surface area contributed by atoms with Gasteiger partial charge in [0.25, 0.3) is 0 Å². The molecule has 0 bridgehead atoms. The number of aromatic nitrogens is 3. The van der Waals surface area contributed by atoms with Crippen LogP contribution in [0.5, 0.6) is 0 Å². The number of aryl methyl sites for hydroxylation is 1. The molecular weight excluding hydrogens is 359 g/mol. The van der Waals surface area contributed by atoms with Crippen LogP contribution in [0.2, 0.25) is 0 Å². The first-order valence-corrected chi connectivity index (χ1v) is 9.59. The number of benzene rings is 1. The normalized spacial score (nSPS) is 12.1. The lowest BCUT2D eigenvalue weighted by Crippen LogP contribution is -2.38. The average Bonchev–Trinajstić information content (AvgIpc) is 3.31. The molecule has 28 heavy (non-hydrogen) atoms. The third-order valence-electron chi connectivity index (χ3n) is 4.50. The number of nitrogens with zero attached hydrogens (tertiary/aromatic N) is 3. The maximum absolute atomic E-state index is 13.5. The quantitative estimate of drug-likeness (QED) is 0.314. The Hall–Kier alpha value is -2.90. The predicted octanol–water partition coefficient (Wildman–Crippen LogP) is 3.15. The van der Waals surface area contributed by atoms with E-state index in [-0.39, 0.29) is 11.7 Å². The molecule has 2 aromatic heterocycles. The molecule has 0 saturated carbocycles. The number of H-pyrrole nitrogens is 1. The topological polar surface area (TPSA) is 91.1 Å². The van der Waals surface area contributed by atoms with Gasteiger partial charge in [-0.25, -0.2) is 4.39 Å². The van der Waals surface area contributed by atoms with Crippen molar-refractivity contribution in [2.24, 2.45) is 4.99 Å². The number of hydrogen-bond donors (Lipinski definition) is 3. The molecule has 0 aliphatic heterocycles. The molecule has 0 unspecified atom stereocenters. The molecule has 0 saturated heterocycles. The monoisotopic (exact) mass is 386 g/mol. The molecule has 0 aliphatic carbocycles. The number of hydrogen-bond acceptors (Lipinski definition) is 4. The van der Waals surface area contributed by atoms with Crippen LogP contribution < -0.4 is 10.6 Å². The van der Waals surface area contributed by atoms with Crippen molar-refractivity contribution in [3.05, 3.63) is 47.5 Å². The number of guanidine groups is 1. The first-order chi connectivity index (χ1) is 13.6. The zero-order chi connectivity index (χ0) is 19.9. The van der Waals surface area contributed by atoms with Crippen LogP contribution in [0, 0.1) is 5.82 Å². The maximum Gasteiger partial charge on any atom is 0.226 e. The number of fused-ring (bicyclic) bond motifs is 1. The third-order valence-corrected chi connectivity index (χ3v) is 4.50. The Morgan fingerprint density at radius 2 is 2.07 bits per heavy atom. The molecule has 7 nitrogen and oxygen atoms in total. The van der Waals surface area contributed by atoms with Gasteiger partial charge < -0.3 is 20.1 Å². The highest BCUT2D eigenvalue weighted by Gasteiger charge is 2.09. The summed E-state index contributed by atoms with van der Waals surface area (Å²) in [5.41, 5.74) is 2.02. The van der Waals surface area contributed by atoms with Gasteiger partial charge in [0.1, 0.15) is 5.82 Å². The Balaban J connectivity index is 1.40. The van der Waals surface area contributed by atoms with E-state index in [0.717, 1.165) is 54.1 Å². The van der Waals surface area contributed by atoms with Crippen LogP contribution in [0.25, 0.3) is 10.9 Å². The van der Waals surface area contributed by atoms with E-state index in [9.17, 15) is 4.39 Å². The molecule has 0 aliphatic rings. The van der Waals surface area contributed by atoms with E-state index in [1.54, 1.807) is 19.2 Å². The minimum atomic E-state index is -0.222. The minimum absolute atomic E-state index is 0.222. The molecule has 150 valence electrons. The van der Waals surface area contributed by atoms with E-state index in [0.29, 0.717) is 12.4 Å². The van der Waals surface area contributed by atoms with E-state index >= 15 is 0 Å². The standard InChI is InChI=1S/C20H27FN6O/c1-13(2)19-26-18(28-27-19)5-4-9-23-20(22-3)24-10-8-14-12-25-17-7-6-15(21)11-16(14)17/h6-7,11-13,25H,4-5,8-10H2,1-3H3,(H2,22,23,24). The molecule has 0 amide bonds. The van der Waals surface area contributed by atoms with E-state index in [4.69, 9.17) is 4.52 Å². The van der Waals surface area contributed by atoms with E-state index in [1.165, 1.54) is 6.07 Å². The predicted molar refractivity (Wildman–Crippen MR) is 108 cm³/mol. The molecule has 1 aromatic carbocycles. The second-order valence-corrected chi connectivity index (χ2v) is 6.98. The number of rotatable bonds is 8. The van der Waals surface area contributed by atoms with Crippen LogP contribution in [-0.2, 0) is 12.8 Å². The van der Waals surface area contributed by atoms with Crippen molar-refractivity contribution in [3.8, 4) is 0 Å². The zero-order valence-corrected chi connectivity index (χ0v) is 16.6. The highest BCUT2D eigenvalue weighted by molar-refractivity contribution is 5.83. The summed E-state index contributed by atoms with van der Waals surface area (Å²) in [5.74, 6) is 2.20. The number of aliphatic imine (C=N–C) groups is 1. The van der Waals surface area contributed by atoms with Crippen molar-refractivity contribution in [1.82, 2.24) is 25.8 Å². The fourth-order valence-corrected chi connectivity index (χ4v) is 2.94. The van der Waals surface area contributed by atoms with Gasteiger partial charge in [0, 0.05) is 49.6 Å². The maximum atomic E-state index is 13.5. The van der Waals surface area contributed by atoms with Gasteiger partial charge in [-0.15, -0.1) is 0 Å². The van der Waals surface area contributed by atoms with Crippen LogP contribution in [0.15, 0.2) is 33.9 Å². The number of aromatic amines is 1. The van der Waals surface area contributed by atoms with Gasteiger partial charge in [0.2, 0.25) is 5.89 Å². The van der Waals surface area contributed by atoms with Crippen LogP contribution in [0.3, 0.4) is 0 Å². The van der Waals surface area contributed by atoms with Crippen molar-refractivity contribution in [3.63, 3.8) is 0 Å². The molecule has 0 spiro atoms. The summed E-state index contributed by atoms with van der Waals surface area (Å²) in [6.07, 6.45) is 4.29. The molecule has 3 rings (SSSR count). The molecule has 0 radical (unpaired) electrons. The van der Waals surface area contributed by atoms with Crippen molar-refractivity contribution in [2.75, 3.05) is 20.1 Å². The molecule has 0 atom stereocenters. The number of halogens is 1. The summed E-state index contributed by atoms with van der Waals surface area (Å²) in [5, 5.41) is 11.5. The lowest BCUT2D eigenvalue weighted by atomic mass is 10.1. The summed E-state index contributed by atoms with van der Waals surface area (Å²) in [4.78, 5) is 11.8. The summed E-state index contributed by atoms with van der Waals surface area (Å²) < 4.78 is 18.7. The fraction of sp³-hybridized carbons (Fsp3) is 0.450. The minimum Gasteiger partial charge on any atom is -0.361 e. The van der Waals surface area contributed by atoms with Crippen LogP contribution in [0.4, 0.5) is 4.39 Å². The van der Waals surface area contributed by atoms with Crippen molar-refractivity contribution < 1.29 is 8.91 Å². The molecular formula is C20H27FN6O. The smallest absolute Gasteiger partial charge is 0.226 e. The van der Waals surface area contributed by atoms with Gasteiger partial charge in [-0.3, -0.25) is 4.99 Å². The molecule has 8 heteroatoms. The number of nitrogens with one attached hydrogen (secondary N) is 3. The Labute approximate surface area is 163 Å². The summed E-state index contributed by atoms with van der Waals surface area (Å²) in [7, 11) is 1.74. The average molecular weight is 386 g/mol. The van der Waals surface area contributed by atoms with Crippen LogP contribution in [0.1, 0.15) is 43.5 Å². The Kier molecular flexibility index (Phi) is 6.62. The molecule has 2 heterocycles. The molecule has 3 N–H and O–H groups in total.